The number of hydrogen-bond acceptors (Lipinski definition) is 2. The number of alkyl halides is 3. The monoisotopic (exact) mass is 223 g/mol. The van der Waals surface area contributed by atoms with Crippen molar-refractivity contribution in [2.75, 3.05) is 6.61 Å². The zero-order valence-electron chi connectivity index (χ0n) is 8.16. The summed E-state index contributed by atoms with van der Waals surface area (Å²) in [6.45, 7) is 0.0345. The van der Waals surface area contributed by atoms with Gasteiger partial charge >= 0.3 is 6.18 Å². The highest BCUT2D eigenvalue weighted by Crippen LogP contribution is 2.16. The number of aliphatic hydroxyl groups is 1. The molecule has 1 unspecified atom stereocenters. The lowest BCUT2D eigenvalue weighted by Crippen LogP contribution is -2.19. The predicted molar refractivity (Wildman–Crippen MR) is 47.1 cm³/mol. The summed E-state index contributed by atoms with van der Waals surface area (Å²) in [7, 11) is 0. The minimum absolute atomic E-state index is 0.216. The van der Waals surface area contributed by atoms with Gasteiger partial charge in [0, 0.05) is 11.9 Å². The molecule has 0 radical (unpaired) electrons. The number of hydrogen-bond donors (Lipinski definition) is 1. The summed E-state index contributed by atoms with van der Waals surface area (Å²) < 4.78 is 41.2. The molecule has 1 N–H and O–H groups in total. The Morgan fingerprint density at radius 1 is 1.53 bits per heavy atom. The van der Waals surface area contributed by atoms with Gasteiger partial charge in [0.05, 0.1) is 6.10 Å². The van der Waals surface area contributed by atoms with Gasteiger partial charge in [-0.15, -0.1) is 0 Å². The van der Waals surface area contributed by atoms with Crippen LogP contribution >= 0.6 is 0 Å². The minimum Gasteiger partial charge on any atom is -0.387 e. The second-order valence-electron chi connectivity index (χ2n) is 3.17. The SMILES string of the molecule is CC(O)c1cccn1COCC(F)(F)F. The smallest absolute Gasteiger partial charge is 0.387 e. The van der Waals surface area contributed by atoms with Crippen molar-refractivity contribution in [3.63, 3.8) is 0 Å². The molecule has 0 aliphatic heterocycles. The van der Waals surface area contributed by atoms with Crippen molar-refractivity contribution in [2.45, 2.75) is 25.9 Å². The molecule has 0 saturated carbocycles. The normalized spacial score (nSPS) is 14.2. The summed E-state index contributed by atoms with van der Waals surface area (Å²) in [5, 5.41) is 9.25. The molecule has 0 fully saturated rings. The Bertz CT molecular complexity index is 307. The van der Waals surface area contributed by atoms with E-state index in [4.69, 9.17) is 0 Å². The Hall–Kier alpha value is -1.01. The first-order chi connectivity index (χ1) is 6.90. The molecule has 0 bridgehead atoms. The molecule has 0 aromatic carbocycles. The molecular formula is C9H12F3NO2. The van der Waals surface area contributed by atoms with Crippen LogP contribution in [0.25, 0.3) is 0 Å². The average Bonchev–Trinajstić information content (AvgIpc) is 2.49. The molecule has 0 spiro atoms. The van der Waals surface area contributed by atoms with Gasteiger partial charge in [-0.2, -0.15) is 13.2 Å². The highest BCUT2D eigenvalue weighted by atomic mass is 19.4. The third kappa shape index (κ3) is 3.93. The van der Waals surface area contributed by atoms with Crippen molar-refractivity contribution < 1.29 is 23.0 Å². The van der Waals surface area contributed by atoms with Gasteiger partial charge in [-0.25, -0.2) is 0 Å². The van der Waals surface area contributed by atoms with Crippen LogP contribution in [0.5, 0.6) is 0 Å². The van der Waals surface area contributed by atoms with Crippen LogP contribution < -0.4 is 0 Å². The second-order valence-corrected chi connectivity index (χ2v) is 3.17. The number of aromatic nitrogens is 1. The van der Waals surface area contributed by atoms with Gasteiger partial charge < -0.3 is 14.4 Å². The maximum absolute atomic E-state index is 11.8. The van der Waals surface area contributed by atoms with Crippen molar-refractivity contribution in [3.8, 4) is 0 Å². The Morgan fingerprint density at radius 3 is 2.73 bits per heavy atom. The minimum atomic E-state index is -4.32. The number of rotatable bonds is 4. The van der Waals surface area contributed by atoms with Crippen molar-refractivity contribution >= 4 is 0 Å². The molecule has 1 heterocycles. The molecule has 0 aliphatic carbocycles. The molecule has 1 atom stereocenters. The van der Waals surface area contributed by atoms with Gasteiger partial charge in [-0.3, -0.25) is 0 Å². The fourth-order valence-electron chi connectivity index (χ4n) is 1.18. The Balaban J connectivity index is 2.47. The summed E-state index contributed by atoms with van der Waals surface area (Å²) >= 11 is 0. The van der Waals surface area contributed by atoms with Crippen LogP contribution in [-0.2, 0) is 11.5 Å². The Kier molecular flexibility index (Phi) is 3.76. The summed E-state index contributed by atoms with van der Waals surface area (Å²) in [6.07, 6.45) is -3.49. The van der Waals surface area contributed by atoms with Crippen molar-refractivity contribution in [3.05, 3.63) is 24.0 Å². The van der Waals surface area contributed by atoms with Crippen molar-refractivity contribution in [2.24, 2.45) is 0 Å². The van der Waals surface area contributed by atoms with E-state index in [2.05, 4.69) is 4.74 Å². The summed E-state index contributed by atoms with van der Waals surface area (Å²) in [4.78, 5) is 0. The highest BCUT2D eigenvalue weighted by molar-refractivity contribution is 5.08. The molecule has 1 rings (SSSR count). The first-order valence-corrected chi connectivity index (χ1v) is 4.38. The largest absolute Gasteiger partial charge is 0.411 e. The second kappa shape index (κ2) is 4.67. The van der Waals surface area contributed by atoms with Crippen LogP contribution in [0.3, 0.4) is 0 Å². The van der Waals surface area contributed by atoms with Crippen molar-refractivity contribution in [1.82, 2.24) is 4.57 Å². The molecule has 1 aromatic rings. The van der Waals surface area contributed by atoms with Gasteiger partial charge in [0.1, 0.15) is 13.3 Å². The third-order valence-electron chi connectivity index (χ3n) is 1.79. The van der Waals surface area contributed by atoms with Crippen LogP contribution in [0.1, 0.15) is 18.7 Å². The maximum Gasteiger partial charge on any atom is 0.411 e. The molecule has 0 amide bonds. The molecule has 0 aliphatic rings. The first kappa shape index (κ1) is 12.1. The number of halogens is 3. The van der Waals surface area contributed by atoms with Gasteiger partial charge in [0.15, 0.2) is 0 Å². The third-order valence-corrected chi connectivity index (χ3v) is 1.79. The molecule has 86 valence electrons. The van der Waals surface area contributed by atoms with Crippen LogP contribution in [-0.4, -0.2) is 22.5 Å². The molecule has 15 heavy (non-hydrogen) atoms. The summed E-state index contributed by atoms with van der Waals surface area (Å²) in [6, 6.07) is 3.26. The van der Waals surface area contributed by atoms with E-state index in [0.717, 1.165) is 0 Å². The number of nitrogens with zero attached hydrogens (tertiary/aromatic N) is 1. The standard InChI is InChI=1S/C9H12F3NO2/c1-7(14)8-3-2-4-13(8)6-15-5-9(10,11)12/h2-4,7,14H,5-6H2,1H3. The Morgan fingerprint density at radius 2 is 2.20 bits per heavy atom. The van der Waals surface area contributed by atoms with E-state index in [1.807, 2.05) is 0 Å². The van der Waals surface area contributed by atoms with Crippen molar-refractivity contribution in [1.29, 1.82) is 0 Å². The van der Waals surface area contributed by atoms with Crippen LogP contribution in [0, 0.1) is 0 Å². The lowest BCUT2D eigenvalue weighted by Gasteiger charge is -2.12. The number of aliphatic hydroxyl groups excluding tert-OH is 1. The zero-order valence-corrected chi connectivity index (χ0v) is 8.16. The maximum atomic E-state index is 11.8. The van der Waals surface area contributed by atoms with Gasteiger partial charge in [-0.05, 0) is 19.1 Å². The summed E-state index contributed by atoms with van der Waals surface area (Å²) in [5.41, 5.74) is 0.525. The van der Waals surface area contributed by atoms with E-state index in [0.29, 0.717) is 5.69 Å². The number of ether oxygens (including phenoxy) is 1. The van der Waals surface area contributed by atoms with E-state index in [-0.39, 0.29) is 6.73 Å². The molecule has 1 aromatic heterocycles. The molecule has 0 saturated heterocycles. The molecule has 6 heteroatoms. The van der Waals surface area contributed by atoms with Gasteiger partial charge in [-0.1, -0.05) is 0 Å². The van der Waals surface area contributed by atoms with Gasteiger partial charge in [0.25, 0.3) is 0 Å². The quantitative estimate of drug-likeness (QED) is 0.847. The molecular weight excluding hydrogens is 211 g/mol. The molecule has 3 nitrogen and oxygen atoms in total. The van der Waals surface area contributed by atoms with E-state index in [1.165, 1.54) is 11.5 Å². The lowest BCUT2D eigenvalue weighted by atomic mass is 10.3. The summed E-state index contributed by atoms with van der Waals surface area (Å²) in [5.74, 6) is 0. The van der Waals surface area contributed by atoms with E-state index in [9.17, 15) is 18.3 Å². The first-order valence-electron chi connectivity index (χ1n) is 4.38. The van der Waals surface area contributed by atoms with Crippen LogP contribution in [0.15, 0.2) is 18.3 Å². The van der Waals surface area contributed by atoms with Crippen LogP contribution in [0.4, 0.5) is 13.2 Å². The Labute approximate surface area is 85.1 Å². The topological polar surface area (TPSA) is 34.4 Å². The predicted octanol–water partition coefficient (Wildman–Crippen LogP) is 2.08. The lowest BCUT2D eigenvalue weighted by molar-refractivity contribution is -0.182. The fourth-order valence-corrected chi connectivity index (χ4v) is 1.18. The van der Waals surface area contributed by atoms with E-state index >= 15 is 0 Å². The van der Waals surface area contributed by atoms with E-state index in [1.54, 1.807) is 18.3 Å². The zero-order chi connectivity index (χ0) is 11.5. The van der Waals surface area contributed by atoms with E-state index < -0.39 is 18.9 Å². The van der Waals surface area contributed by atoms with Crippen LogP contribution in [0.2, 0.25) is 0 Å². The fraction of sp³-hybridized carbons (Fsp3) is 0.556. The highest BCUT2D eigenvalue weighted by Gasteiger charge is 2.27. The van der Waals surface area contributed by atoms with Gasteiger partial charge in [0.2, 0.25) is 0 Å². The average molecular weight is 223 g/mol.